The van der Waals surface area contributed by atoms with Crippen LogP contribution in [0.15, 0.2) is 29.3 Å². The summed E-state index contributed by atoms with van der Waals surface area (Å²) in [4.78, 5) is 4.23. The zero-order valence-electron chi connectivity index (χ0n) is 17.0. The molecule has 2 N–H and O–H groups in total. The highest BCUT2D eigenvalue weighted by molar-refractivity contribution is 14.0. The molecule has 1 fully saturated rings. The first-order chi connectivity index (χ1) is 12.9. The van der Waals surface area contributed by atoms with Gasteiger partial charge in [0, 0.05) is 33.2 Å². The largest absolute Gasteiger partial charge is 0.379 e. The minimum Gasteiger partial charge on any atom is -0.379 e. The maximum atomic E-state index is 12.7. The number of aliphatic imine (C=N–C) groups is 1. The molecule has 2 rings (SSSR count). The van der Waals surface area contributed by atoms with Gasteiger partial charge in [0.05, 0.1) is 19.0 Å². The third-order valence-corrected chi connectivity index (χ3v) is 6.33. The van der Waals surface area contributed by atoms with Crippen molar-refractivity contribution < 1.29 is 13.2 Å². The Morgan fingerprint density at radius 1 is 1.18 bits per heavy atom. The van der Waals surface area contributed by atoms with E-state index in [1.807, 2.05) is 24.3 Å². The molecular weight excluding hydrogens is 491 g/mol. The van der Waals surface area contributed by atoms with Crippen molar-refractivity contribution in [2.45, 2.75) is 32.6 Å². The van der Waals surface area contributed by atoms with Crippen molar-refractivity contribution in [3.05, 3.63) is 35.4 Å². The van der Waals surface area contributed by atoms with Crippen molar-refractivity contribution in [1.82, 2.24) is 14.9 Å². The van der Waals surface area contributed by atoms with E-state index in [1.165, 1.54) is 4.31 Å². The van der Waals surface area contributed by atoms with Gasteiger partial charge in [-0.25, -0.2) is 8.42 Å². The molecule has 0 aliphatic carbocycles. The van der Waals surface area contributed by atoms with Crippen LogP contribution in [-0.2, 0) is 27.1 Å². The summed E-state index contributed by atoms with van der Waals surface area (Å²) in [6.07, 6.45) is 1.06. The maximum Gasteiger partial charge on any atom is 0.218 e. The summed E-state index contributed by atoms with van der Waals surface area (Å²) in [6.45, 7) is 7.51. The van der Waals surface area contributed by atoms with Gasteiger partial charge in [-0.1, -0.05) is 38.1 Å². The number of sulfonamides is 1. The fourth-order valence-electron chi connectivity index (χ4n) is 2.86. The number of hydrogen-bond donors (Lipinski definition) is 2. The number of rotatable bonds is 8. The second kappa shape index (κ2) is 12.6. The van der Waals surface area contributed by atoms with Crippen LogP contribution < -0.4 is 10.6 Å². The van der Waals surface area contributed by atoms with Crippen LogP contribution in [0.5, 0.6) is 0 Å². The lowest BCUT2D eigenvalue weighted by Gasteiger charge is -2.26. The van der Waals surface area contributed by atoms with Crippen molar-refractivity contribution in [3.63, 3.8) is 0 Å². The lowest BCUT2D eigenvalue weighted by Crippen LogP contribution is -2.41. The predicted octanol–water partition coefficient (Wildman–Crippen LogP) is 2.18. The van der Waals surface area contributed by atoms with Gasteiger partial charge in [0.1, 0.15) is 0 Å². The summed E-state index contributed by atoms with van der Waals surface area (Å²) in [5.41, 5.74) is 1.77. The molecule has 1 aromatic carbocycles. The van der Waals surface area contributed by atoms with Crippen LogP contribution >= 0.6 is 24.0 Å². The van der Waals surface area contributed by atoms with E-state index in [1.54, 1.807) is 7.05 Å². The van der Waals surface area contributed by atoms with E-state index in [4.69, 9.17) is 4.74 Å². The van der Waals surface area contributed by atoms with Crippen molar-refractivity contribution in [2.24, 2.45) is 10.9 Å². The number of halogens is 1. The van der Waals surface area contributed by atoms with Crippen LogP contribution in [0.3, 0.4) is 0 Å². The zero-order valence-corrected chi connectivity index (χ0v) is 20.1. The van der Waals surface area contributed by atoms with Gasteiger partial charge in [0.2, 0.25) is 10.0 Å². The Balaban J connectivity index is 0.00000392. The smallest absolute Gasteiger partial charge is 0.218 e. The predicted molar refractivity (Wildman–Crippen MR) is 125 cm³/mol. The van der Waals surface area contributed by atoms with Crippen LogP contribution in [0.25, 0.3) is 0 Å². The molecule has 7 nitrogen and oxygen atoms in total. The minimum absolute atomic E-state index is 0. The SMILES string of the molecule is CN=C(NCCC(C)C)NCc1ccccc1CS(=O)(=O)N1CCOCC1.I. The monoisotopic (exact) mass is 524 g/mol. The Labute approximate surface area is 186 Å². The summed E-state index contributed by atoms with van der Waals surface area (Å²) < 4.78 is 32.2. The molecule has 0 atom stereocenters. The topological polar surface area (TPSA) is 83.0 Å². The highest BCUT2D eigenvalue weighted by atomic mass is 127. The maximum absolute atomic E-state index is 12.7. The highest BCUT2D eigenvalue weighted by Crippen LogP contribution is 2.16. The average Bonchev–Trinajstić information content (AvgIpc) is 2.66. The Morgan fingerprint density at radius 3 is 2.43 bits per heavy atom. The first kappa shape index (κ1) is 25.1. The number of morpholine rings is 1. The number of nitrogens with zero attached hydrogens (tertiary/aromatic N) is 2. The molecule has 0 bridgehead atoms. The van der Waals surface area contributed by atoms with Gasteiger partial charge in [-0.3, -0.25) is 4.99 Å². The van der Waals surface area contributed by atoms with Crippen molar-refractivity contribution in [2.75, 3.05) is 39.9 Å². The molecule has 0 spiro atoms. The quantitative estimate of drug-likeness (QED) is 0.310. The van der Waals surface area contributed by atoms with Gasteiger partial charge >= 0.3 is 0 Å². The number of ether oxygens (including phenoxy) is 1. The highest BCUT2D eigenvalue weighted by Gasteiger charge is 2.25. The van der Waals surface area contributed by atoms with E-state index in [0.717, 1.165) is 30.1 Å². The molecule has 1 saturated heterocycles. The summed E-state index contributed by atoms with van der Waals surface area (Å²) in [7, 11) is -1.61. The van der Waals surface area contributed by atoms with Gasteiger partial charge in [-0.15, -0.1) is 24.0 Å². The molecule has 9 heteroatoms. The third kappa shape index (κ3) is 8.22. The Hall–Kier alpha value is -0.910. The normalized spacial score (nSPS) is 15.9. The Morgan fingerprint density at radius 2 is 1.82 bits per heavy atom. The van der Waals surface area contributed by atoms with Gasteiger partial charge in [-0.2, -0.15) is 4.31 Å². The molecular formula is C19H33IN4O3S. The standard InChI is InChI=1S/C19H32N4O3S.HI/c1-16(2)8-9-21-19(20-3)22-14-17-6-4-5-7-18(17)15-27(24,25)23-10-12-26-13-11-23;/h4-7,16H,8-15H2,1-3H3,(H2,20,21,22);1H. The van der Waals surface area contributed by atoms with Crippen LogP contribution in [-0.4, -0.2) is 58.6 Å². The fourth-order valence-corrected chi connectivity index (χ4v) is 4.42. The fraction of sp³-hybridized carbons (Fsp3) is 0.632. The molecule has 0 unspecified atom stereocenters. The zero-order chi connectivity index (χ0) is 19.7. The van der Waals surface area contributed by atoms with Gasteiger partial charge in [0.15, 0.2) is 5.96 Å². The van der Waals surface area contributed by atoms with Crippen molar-refractivity contribution in [1.29, 1.82) is 0 Å². The Kier molecular flexibility index (Phi) is 11.3. The van der Waals surface area contributed by atoms with Crippen LogP contribution in [0.4, 0.5) is 0 Å². The molecule has 28 heavy (non-hydrogen) atoms. The molecule has 0 aromatic heterocycles. The second-order valence-corrected chi connectivity index (χ2v) is 9.04. The lowest BCUT2D eigenvalue weighted by atomic mass is 10.1. The molecule has 1 aliphatic rings. The van der Waals surface area contributed by atoms with Crippen LogP contribution in [0.2, 0.25) is 0 Å². The van der Waals surface area contributed by atoms with E-state index in [2.05, 4.69) is 29.5 Å². The summed E-state index contributed by atoms with van der Waals surface area (Å²) >= 11 is 0. The first-order valence-electron chi connectivity index (χ1n) is 9.49. The van der Waals surface area contributed by atoms with E-state index in [9.17, 15) is 8.42 Å². The molecule has 160 valence electrons. The van der Waals surface area contributed by atoms with E-state index < -0.39 is 10.0 Å². The molecule has 0 saturated carbocycles. The first-order valence-corrected chi connectivity index (χ1v) is 11.1. The van der Waals surface area contributed by atoms with Crippen molar-refractivity contribution in [3.8, 4) is 0 Å². The van der Waals surface area contributed by atoms with Gasteiger partial charge < -0.3 is 15.4 Å². The van der Waals surface area contributed by atoms with Gasteiger partial charge in [-0.05, 0) is 23.5 Å². The second-order valence-electron chi connectivity index (χ2n) is 7.07. The van der Waals surface area contributed by atoms with Gasteiger partial charge in [0.25, 0.3) is 0 Å². The Bertz CT molecular complexity index is 720. The molecule has 1 heterocycles. The number of benzene rings is 1. The van der Waals surface area contributed by atoms with Crippen LogP contribution in [0.1, 0.15) is 31.4 Å². The molecule has 1 aliphatic heterocycles. The van der Waals surface area contributed by atoms with E-state index >= 15 is 0 Å². The molecule has 1 aromatic rings. The minimum atomic E-state index is -3.35. The number of hydrogen-bond acceptors (Lipinski definition) is 4. The molecule has 0 radical (unpaired) electrons. The summed E-state index contributed by atoms with van der Waals surface area (Å²) in [5, 5.41) is 6.56. The van der Waals surface area contributed by atoms with Crippen molar-refractivity contribution >= 4 is 40.0 Å². The summed E-state index contributed by atoms with van der Waals surface area (Å²) in [5.74, 6) is 1.35. The molecule has 0 amide bonds. The number of nitrogens with one attached hydrogen (secondary N) is 2. The number of guanidine groups is 1. The lowest BCUT2D eigenvalue weighted by molar-refractivity contribution is 0.0729. The van der Waals surface area contributed by atoms with E-state index in [-0.39, 0.29) is 29.7 Å². The van der Waals surface area contributed by atoms with E-state index in [0.29, 0.717) is 38.8 Å². The third-order valence-electron chi connectivity index (χ3n) is 4.50. The average molecular weight is 524 g/mol. The summed E-state index contributed by atoms with van der Waals surface area (Å²) in [6, 6.07) is 7.64. The van der Waals surface area contributed by atoms with Crippen LogP contribution in [0, 0.1) is 5.92 Å².